The number of carbonyl (C=O) groups is 1. The lowest BCUT2D eigenvalue weighted by Gasteiger charge is -2.32. The number of fused-ring (bicyclic) bond motifs is 1. The number of aromatic nitrogens is 2. The Morgan fingerprint density at radius 2 is 2.39 bits per heavy atom. The molecule has 23 heavy (non-hydrogen) atoms. The van der Waals surface area contributed by atoms with Crippen LogP contribution >= 0.6 is 11.3 Å². The van der Waals surface area contributed by atoms with E-state index in [2.05, 4.69) is 11.3 Å². The van der Waals surface area contributed by atoms with Crippen molar-refractivity contribution in [3.05, 3.63) is 39.3 Å². The highest BCUT2D eigenvalue weighted by molar-refractivity contribution is 7.14. The largest absolute Gasteiger partial charge is 0.376 e. The molecule has 0 aliphatic carbocycles. The number of aryl methyl sites for hydroxylation is 1. The maximum atomic E-state index is 12.9. The molecule has 4 heterocycles. The van der Waals surface area contributed by atoms with Gasteiger partial charge in [-0.3, -0.25) is 9.48 Å². The van der Waals surface area contributed by atoms with E-state index in [0.717, 1.165) is 43.8 Å². The average molecular weight is 331 g/mol. The van der Waals surface area contributed by atoms with E-state index in [1.807, 2.05) is 28.8 Å². The number of piperidine rings is 1. The zero-order valence-corrected chi connectivity index (χ0v) is 14.1. The molecule has 0 radical (unpaired) electrons. The third kappa shape index (κ3) is 2.93. The minimum absolute atomic E-state index is 0.165. The van der Waals surface area contributed by atoms with Gasteiger partial charge in [-0.05, 0) is 37.0 Å². The van der Waals surface area contributed by atoms with Crippen LogP contribution in [0.4, 0.5) is 0 Å². The second-order valence-corrected chi connectivity index (χ2v) is 7.54. The van der Waals surface area contributed by atoms with Gasteiger partial charge in [-0.2, -0.15) is 5.10 Å². The molecule has 0 spiro atoms. The van der Waals surface area contributed by atoms with Crippen LogP contribution in [0.15, 0.2) is 18.5 Å². The van der Waals surface area contributed by atoms with Crippen LogP contribution in [-0.4, -0.2) is 40.3 Å². The van der Waals surface area contributed by atoms with Crippen LogP contribution in [0.1, 0.15) is 44.6 Å². The minimum atomic E-state index is 0.165. The SMILES string of the molecule is Cc1cnn([C@@H]2CCCN(C(=O)c3cc4c(s3)CCOC4)C2)c1. The number of amides is 1. The van der Waals surface area contributed by atoms with Gasteiger partial charge in [0.15, 0.2) is 0 Å². The zero-order chi connectivity index (χ0) is 15.8. The molecule has 2 aromatic heterocycles. The number of hydrogen-bond acceptors (Lipinski definition) is 4. The molecule has 0 unspecified atom stereocenters. The molecule has 0 aromatic carbocycles. The first-order valence-electron chi connectivity index (χ1n) is 8.20. The molecule has 0 bridgehead atoms. The summed E-state index contributed by atoms with van der Waals surface area (Å²) in [6.07, 6.45) is 7.00. The van der Waals surface area contributed by atoms with Crippen LogP contribution in [0.2, 0.25) is 0 Å². The summed E-state index contributed by atoms with van der Waals surface area (Å²) in [7, 11) is 0. The summed E-state index contributed by atoms with van der Waals surface area (Å²) in [5.74, 6) is 0.165. The van der Waals surface area contributed by atoms with Gasteiger partial charge in [0.25, 0.3) is 5.91 Å². The van der Waals surface area contributed by atoms with Gasteiger partial charge >= 0.3 is 0 Å². The van der Waals surface area contributed by atoms with Gasteiger partial charge in [0.05, 0.1) is 30.3 Å². The van der Waals surface area contributed by atoms with E-state index < -0.39 is 0 Å². The highest BCUT2D eigenvalue weighted by Crippen LogP contribution is 2.29. The van der Waals surface area contributed by atoms with Crippen molar-refractivity contribution < 1.29 is 9.53 Å². The summed E-state index contributed by atoms with van der Waals surface area (Å²) in [6, 6.07) is 2.32. The lowest BCUT2D eigenvalue weighted by atomic mass is 10.1. The quantitative estimate of drug-likeness (QED) is 0.850. The predicted molar refractivity (Wildman–Crippen MR) is 88.8 cm³/mol. The van der Waals surface area contributed by atoms with E-state index in [1.54, 1.807) is 11.3 Å². The van der Waals surface area contributed by atoms with Crippen LogP contribution in [0, 0.1) is 6.92 Å². The van der Waals surface area contributed by atoms with Gasteiger partial charge < -0.3 is 9.64 Å². The van der Waals surface area contributed by atoms with Crippen molar-refractivity contribution in [1.29, 1.82) is 0 Å². The van der Waals surface area contributed by atoms with E-state index in [-0.39, 0.29) is 5.91 Å². The van der Waals surface area contributed by atoms with Gasteiger partial charge in [0.1, 0.15) is 0 Å². The Bertz CT molecular complexity index is 698. The predicted octanol–water partition coefficient (Wildman–Crippen LogP) is 2.80. The Kier molecular flexibility index (Phi) is 3.95. The second-order valence-electron chi connectivity index (χ2n) is 6.41. The summed E-state index contributed by atoms with van der Waals surface area (Å²) in [6.45, 7) is 5.06. The van der Waals surface area contributed by atoms with Crippen molar-refractivity contribution in [2.75, 3.05) is 19.7 Å². The Labute approximate surface area is 139 Å². The standard InChI is InChI=1S/C17H21N3O2S/c1-12-8-18-20(9-12)14-3-2-5-19(10-14)17(21)16-7-13-11-22-6-4-15(13)23-16/h7-9,14H,2-6,10-11H2,1H3/t14-/m1/s1. The topological polar surface area (TPSA) is 47.4 Å². The first-order chi connectivity index (χ1) is 11.2. The molecule has 5 nitrogen and oxygen atoms in total. The van der Waals surface area contributed by atoms with E-state index >= 15 is 0 Å². The zero-order valence-electron chi connectivity index (χ0n) is 13.3. The molecular formula is C17H21N3O2S. The van der Waals surface area contributed by atoms with Crippen molar-refractivity contribution >= 4 is 17.2 Å². The molecule has 1 fully saturated rings. The molecule has 122 valence electrons. The van der Waals surface area contributed by atoms with Crippen LogP contribution in [-0.2, 0) is 17.8 Å². The molecule has 1 atom stereocenters. The fraction of sp³-hybridized carbons (Fsp3) is 0.529. The number of thiophene rings is 1. The summed E-state index contributed by atoms with van der Waals surface area (Å²) < 4.78 is 7.50. The number of nitrogens with zero attached hydrogens (tertiary/aromatic N) is 3. The first kappa shape index (κ1) is 14.9. The van der Waals surface area contributed by atoms with Crippen molar-refractivity contribution in [2.24, 2.45) is 0 Å². The number of likely N-dealkylation sites (tertiary alicyclic amines) is 1. The summed E-state index contributed by atoms with van der Waals surface area (Å²) >= 11 is 1.64. The highest BCUT2D eigenvalue weighted by Gasteiger charge is 2.28. The number of hydrogen-bond donors (Lipinski definition) is 0. The number of rotatable bonds is 2. The van der Waals surface area contributed by atoms with E-state index in [0.29, 0.717) is 12.6 Å². The molecule has 0 saturated carbocycles. The Morgan fingerprint density at radius 3 is 3.17 bits per heavy atom. The van der Waals surface area contributed by atoms with Crippen molar-refractivity contribution in [2.45, 2.75) is 38.8 Å². The monoisotopic (exact) mass is 331 g/mol. The normalized spacial score (nSPS) is 21.3. The maximum absolute atomic E-state index is 12.9. The number of carbonyl (C=O) groups excluding carboxylic acids is 1. The molecule has 1 saturated heterocycles. The molecule has 2 aromatic rings. The molecule has 1 amide bonds. The highest BCUT2D eigenvalue weighted by atomic mass is 32.1. The molecule has 6 heteroatoms. The Morgan fingerprint density at radius 1 is 1.48 bits per heavy atom. The van der Waals surface area contributed by atoms with Gasteiger partial charge in [-0.25, -0.2) is 0 Å². The molecule has 4 rings (SSSR count). The third-order valence-corrected chi connectivity index (χ3v) is 5.85. The number of ether oxygens (including phenoxy) is 1. The Hall–Kier alpha value is -1.66. The van der Waals surface area contributed by atoms with Crippen LogP contribution in [0.25, 0.3) is 0 Å². The van der Waals surface area contributed by atoms with Crippen LogP contribution < -0.4 is 0 Å². The van der Waals surface area contributed by atoms with Crippen LogP contribution in [0.5, 0.6) is 0 Å². The molecule has 0 N–H and O–H groups in total. The summed E-state index contributed by atoms with van der Waals surface area (Å²) in [4.78, 5) is 17.0. The van der Waals surface area contributed by atoms with E-state index in [1.165, 1.54) is 16.0 Å². The lowest BCUT2D eigenvalue weighted by Crippen LogP contribution is -2.40. The molecular weight excluding hydrogens is 310 g/mol. The van der Waals surface area contributed by atoms with E-state index in [9.17, 15) is 4.79 Å². The first-order valence-corrected chi connectivity index (χ1v) is 9.02. The lowest BCUT2D eigenvalue weighted by molar-refractivity contribution is 0.0677. The molecule has 2 aliphatic heterocycles. The van der Waals surface area contributed by atoms with Crippen molar-refractivity contribution in [1.82, 2.24) is 14.7 Å². The van der Waals surface area contributed by atoms with Crippen molar-refractivity contribution in [3.8, 4) is 0 Å². The third-order valence-electron chi connectivity index (χ3n) is 4.63. The molecule has 2 aliphatic rings. The van der Waals surface area contributed by atoms with Gasteiger partial charge in [0, 0.05) is 30.6 Å². The second kappa shape index (κ2) is 6.09. The fourth-order valence-corrected chi connectivity index (χ4v) is 4.51. The van der Waals surface area contributed by atoms with Crippen molar-refractivity contribution in [3.63, 3.8) is 0 Å². The summed E-state index contributed by atoms with van der Waals surface area (Å²) in [5.41, 5.74) is 2.36. The van der Waals surface area contributed by atoms with Gasteiger partial charge in [0.2, 0.25) is 0 Å². The van der Waals surface area contributed by atoms with Gasteiger partial charge in [-0.15, -0.1) is 11.3 Å². The van der Waals surface area contributed by atoms with Gasteiger partial charge in [-0.1, -0.05) is 0 Å². The summed E-state index contributed by atoms with van der Waals surface area (Å²) in [5, 5.41) is 4.42. The van der Waals surface area contributed by atoms with E-state index in [4.69, 9.17) is 4.74 Å². The smallest absolute Gasteiger partial charge is 0.264 e. The maximum Gasteiger partial charge on any atom is 0.264 e. The minimum Gasteiger partial charge on any atom is -0.376 e. The fourth-order valence-electron chi connectivity index (χ4n) is 3.40. The Balaban J connectivity index is 1.50. The average Bonchev–Trinajstić information content (AvgIpc) is 3.20. The van der Waals surface area contributed by atoms with Crippen LogP contribution in [0.3, 0.4) is 0 Å².